The predicted octanol–water partition coefficient (Wildman–Crippen LogP) is 17.5. The number of allylic oxidation sites excluding steroid dienone is 14. The van der Waals surface area contributed by atoms with Crippen LogP contribution in [0.2, 0.25) is 0 Å². The second kappa shape index (κ2) is 56.4. The molecule has 1 aliphatic heterocycles. The molecule has 1 saturated heterocycles. The van der Waals surface area contributed by atoms with Crippen molar-refractivity contribution in [2.45, 2.75) is 314 Å². The number of carbonyl (C=O) groups is 4. The van der Waals surface area contributed by atoms with E-state index in [1.165, 1.54) is 83.5 Å². The zero-order chi connectivity index (χ0) is 58.9. The zero-order valence-corrected chi connectivity index (χ0v) is 51.3. The zero-order valence-electron chi connectivity index (χ0n) is 51.3. The van der Waals surface area contributed by atoms with E-state index in [1.54, 1.807) is 0 Å². The molecule has 0 saturated carbocycles. The van der Waals surface area contributed by atoms with Crippen LogP contribution in [0.25, 0.3) is 0 Å². The van der Waals surface area contributed by atoms with Crippen molar-refractivity contribution in [2.24, 2.45) is 0 Å². The van der Waals surface area contributed by atoms with Crippen LogP contribution < -0.4 is 0 Å². The Kier molecular flexibility index (Phi) is 52.1. The number of rotatable bonds is 55. The lowest BCUT2D eigenvalue weighted by Crippen LogP contribution is -2.61. The first-order chi connectivity index (χ1) is 39.6. The van der Waals surface area contributed by atoms with Gasteiger partial charge in [-0.1, -0.05) is 228 Å². The smallest absolute Gasteiger partial charge is 0.335 e. The van der Waals surface area contributed by atoms with Crippen LogP contribution in [0.1, 0.15) is 278 Å². The van der Waals surface area contributed by atoms with Crippen molar-refractivity contribution >= 4 is 23.9 Å². The lowest BCUT2D eigenvalue weighted by Gasteiger charge is -2.40. The molecule has 0 aromatic heterocycles. The molecule has 464 valence electrons. The Morgan fingerprint density at radius 3 is 1.22 bits per heavy atom. The van der Waals surface area contributed by atoms with E-state index in [0.29, 0.717) is 19.3 Å². The van der Waals surface area contributed by atoms with Gasteiger partial charge in [-0.05, 0) is 116 Å². The summed E-state index contributed by atoms with van der Waals surface area (Å²) in [6, 6.07) is 0. The third kappa shape index (κ3) is 46.0. The standard InChI is InChI=1S/C69H116O12/c1-4-7-10-13-16-19-22-25-28-30-31-33-35-37-40-43-46-49-52-55-61(70)77-58-60(79-62(71)56-53-50-47-44-41-39-36-32-29-26-23-20-17-14-11-8-5-2)59-78-69-67(65(74)64(73)66(81-69)68(75)76)80-63(72)57-54-51-48-45-42-38-34-27-24-21-18-15-12-9-6-3/h9,12,16,18-19,21,25-29,31,33-34,60,64-67,69,73-74H,4-8,10-11,13-15,17,20,22-24,30,32,35-59H2,1-3H3,(H,75,76)/b12-9-,19-16-,21-18-,28-25-,29-26-,33-31-,34-27-. The van der Waals surface area contributed by atoms with E-state index in [9.17, 15) is 34.5 Å². The van der Waals surface area contributed by atoms with Crippen molar-refractivity contribution in [1.82, 2.24) is 0 Å². The van der Waals surface area contributed by atoms with Gasteiger partial charge in [0.25, 0.3) is 0 Å². The number of unbranched alkanes of at least 4 members (excludes halogenated alkanes) is 27. The van der Waals surface area contributed by atoms with E-state index in [4.69, 9.17) is 23.7 Å². The maximum absolute atomic E-state index is 13.2. The fourth-order valence-corrected chi connectivity index (χ4v) is 9.44. The number of carboxylic acid groups (broad SMARTS) is 1. The monoisotopic (exact) mass is 1140 g/mol. The van der Waals surface area contributed by atoms with Gasteiger partial charge in [0, 0.05) is 19.3 Å². The van der Waals surface area contributed by atoms with Crippen LogP contribution in [0, 0.1) is 0 Å². The third-order valence-electron chi connectivity index (χ3n) is 14.4. The number of carbonyl (C=O) groups excluding carboxylic acids is 3. The number of hydrogen-bond donors (Lipinski definition) is 3. The highest BCUT2D eigenvalue weighted by atomic mass is 16.7. The summed E-state index contributed by atoms with van der Waals surface area (Å²) in [5, 5.41) is 31.6. The fraction of sp³-hybridized carbons (Fsp3) is 0.739. The highest BCUT2D eigenvalue weighted by Crippen LogP contribution is 2.26. The summed E-state index contributed by atoms with van der Waals surface area (Å²) >= 11 is 0. The molecule has 1 rings (SSSR count). The molecule has 6 unspecified atom stereocenters. The maximum atomic E-state index is 13.2. The Balaban J connectivity index is 2.68. The number of ether oxygens (including phenoxy) is 5. The van der Waals surface area contributed by atoms with Crippen LogP contribution in [0.4, 0.5) is 0 Å². The Bertz CT molecular complexity index is 1730. The molecule has 12 heteroatoms. The van der Waals surface area contributed by atoms with Gasteiger partial charge in [0.15, 0.2) is 24.6 Å². The third-order valence-corrected chi connectivity index (χ3v) is 14.4. The summed E-state index contributed by atoms with van der Waals surface area (Å²) in [4.78, 5) is 51.3. The maximum Gasteiger partial charge on any atom is 0.335 e. The average molecular weight is 1140 g/mol. The minimum absolute atomic E-state index is 0.0368. The van der Waals surface area contributed by atoms with Crippen LogP contribution in [0.5, 0.6) is 0 Å². The summed E-state index contributed by atoms with van der Waals surface area (Å²) in [7, 11) is 0. The van der Waals surface area contributed by atoms with Gasteiger partial charge in [-0.3, -0.25) is 14.4 Å². The van der Waals surface area contributed by atoms with Crippen LogP contribution in [0.3, 0.4) is 0 Å². The summed E-state index contributed by atoms with van der Waals surface area (Å²) in [6.45, 7) is 5.85. The first-order valence-electron chi connectivity index (χ1n) is 32.6. The van der Waals surface area contributed by atoms with E-state index in [2.05, 4.69) is 106 Å². The molecule has 0 aromatic rings. The Morgan fingerprint density at radius 1 is 0.420 bits per heavy atom. The SMILES string of the molecule is CC/C=C\C/C=C\C/C=C\CCCCCCCC(=O)OC1C(OCC(COC(=O)CCCCCCCC/C=C\C/C=C\C/C=C\CCCCC)OC(=O)CCCCCCCCC/C=C\CCCCCCCC)OC(C(=O)O)C(O)C1O. The molecule has 1 fully saturated rings. The molecule has 0 radical (unpaired) electrons. The Labute approximate surface area is 492 Å². The molecule has 6 atom stereocenters. The molecule has 0 aliphatic carbocycles. The largest absolute Gasteiger partial charge is 0.479 e. The Hall–Kier alpha value is -4.10. The number of aliphatic hydroxyl groups is 2. The van der Waals surface area contributed by atoms with Crippen molar-refractivity contribution in [3.8, 4) is 0 Å². The first kappa shape index (κ1) is 74.9. The minimum atomic E-state index is -1.91. The van der Waals surface area contributed by atoms with Gasteiger partial charge in [-0.25, -0.2) is 4.79 Å². The van der Waals surface area contributed by atoms with Crippen molar-refractivity contribution in [3.05, 3.63) is 85.1 Å². The predicted molar refractivity (Wildman–Crippen MR) is 331 cm³/mol. The molecular formula is C69H116O12. The molecule has 81 heavy (non-hydrogen) atoms. The van der Waals surface area contributed by atoms with Gasteiger partial charge in [0.1, 0.15) is 18.8 Å². The van der Waals surface area contributed by atoms with Gasteiger partial charge >= 0.3 is 23.9 Å². The van der Waals surface area contributed by atoms with Crippen molar-refractivity contribution in [3.63, 3.8) is 0 Å². The first-order valence-corrected chi connectivity index (χ1v) is 32.6. The van der Waals surface area contributed by atoms with E-state index >= 15 is 0 Å². The average Bonchev–Trinajstić information content (AvgIpc) is 3.53. The van der Waals surface area contributed by atoms with E-state index in [1.807, 2.05) is 0 Å². The lowest BCUT2D eigenvalue weighted by atomic mass is 9.98. The highest BCUT2D eigenvalue weighted by Gasteiger charge is 2.50. The molecule has 3 N–H and O–H groups in total. The van der Waals surface area contributed by atoms with Crippen LogP contribution in [-0.4, -0.2) is 89.2 Å². The molecule has 0 bridgehead atoms. The number of esters is 3. The van der Waals surface area contributed by atoms with Crippen LogP contribution >= 0.6 is 0 Å². The normalized spacial score (nSPS) is 18.3. The fourth-order valence-electron chi connectivity index (χ4n) is 9.44. The molecular weight excluding hydrogens is 1020 g/mol. The van der Waals surface area contributed by atoms with Crippen LogP contribution in [0.15, 0.2) is 85.1 Å². The van der Waals surface area contributed by atoms with E-state index < -0.39 is 67.3 Å². The van der Waals surface area contributed by atoms with Gasteiger partial charge in [-0.15, -0.1) is 0 Å². The van der Waals surface area contributed by atoms with E-state index in [-0.39, 0.29) is 25.9 Å². The molecule has 0 amide bonds. The van der Waals surface area contributed by atoms with Crippen molar-refractivity contribution < 1.29 is 58.2 Å². The number of aliphatic hydroxyl groups excluding tert-OH is 2. The summed E-state index contributed by atoms with van der Waals surface area (Å²) in [5.41, 5.74) is 0. The van der Waals surface area contributed by atoms with E-state index in [0.717, 1.165) is 135 Å². The van der Waals surface area contributed by atoms with Gasteiger partial charge in [0.05, 0.1) is 6.61 Å². The second-order valence-electron chi connectivity index (χ2n) is 22.0. The molecule has 1 aliphatic rings. The molecule has 0 spiro atoms. The summed E-state index contributed by atoms with van der Waals surface area (Å²) in [5.74, 6) is -3.16. The topological polar surface area (TPSA) is 175 Å². The molecule has 12 nitrogen and oxygen atoms in total. The number of carboxylic acids is 1. The minimum Gasteiger partial charge on any atom is -0.479 e. The number of hydrogen-bond acceptors (Lipinski definition) is 11. The quantitative estimate of drug-likeness (QED) is 0.0228. The summed E-state index contributed by atoms with van der Waals surface area (Å²) < 4.78 is 28.5. The van der Waals surface area contributed by atoms with Crippen LogP contribution in [-0.2, 0) is 42.9 Å². The molecule has 0 aromatic carbocycles. The lowest BCUT2D eigenvalue weighted by molar-refractivity contribution is -0.301. The van der Waals surface area contributed by atoms with Crippen molar-refractivity contribution in [1.29, 1.82) is 0 Å². The number of aliphatic carboxylic acids is 1. The second-order valence-corrected chi connectivity index (χ2v) is 22.0. The summed E-state index contributed by atoms with van der Waals surface area (Å²) in [6.07, 6.45) is 61.1. The van der Waals surface area contributed by atoms with Gasteiger partial charge in [-0.2, -0.15) is 0 Å². The molecule has 1 heterocycles. The van der Waals surface area contributed by atoms with Crippen molar-refractivity contribution in [2.75, 3.05) is 13.2 Å². The Morgan fingerprint density at radius 2 is 0.778 bits per heavy atom. The highest BCUT2D eigenvalue weighted by molar-refractivity contribution is 5.74. The van der Waals surface area contributed by atoms with Gasteiger partial charge in [0.2, 0.25) is 0 Å². The van der Waals surface area contributed by atoms with Gasteiger partial charge < -0.3 is 39.0 Å².